The molecular formula is C27H48N4O5S. The molecule has 1 saturated heterocycles. The van der Waals surface area contributed by atoms with Gasteiger partial charge in [0.1, 0.15) is 11.5 Å². The molecule has 9 nitrogen and oxygen atoms in total. The number of ketones is 1. The van der Waals surface area contributed by atoms with Gasteiger partial charge in [0.15, 0.2) is 0 Å². The predicted molar refractivity (Wildman–Crippen MR) is 149 cm³/mol. The zero-order valence-corrected chi connectivity index (χ0v) is 25.2. The third-order valence-corrected chi connectivity index (χ3v) is 8.68. The molecule has 0 saturated carbocycles. The van der Waals surface area contributed by atoms with Crippen LogP contribution in [0.5, 0.6) is 5.75 Å². The lowest BCUT2D eigenvalue weighted by Crippen LogP contribution is -2.33. The Kier molecular flexibility index (Phi) is 13.8. The van der Waals surface area contributed by atoms with E-state index >= 15 is 0 Å². The van der Waals surface area contributed by atoms with Crippen molar-refractivity contribution in [1.29, 1.82) is 0 Å². The first-order chi connectivity index (χ1) is 17.2. The number of nitrogens with zero attached hydrogens (tertiary/aromatic N) is 4. The molecule has 0 bridgehead atoms. The summed E-state index contributed by atoms with van der Waals surface area (Å²) in [5.74, 6) is 1.38. The minimum atomic E-state index is -3.68. The van der Waals surface area contributed by atoms with Gasteiger partial charge in [0, 0.05) is 53.6 Å². The largest absolute Gasteiger partial charge is 0.497 e. The van der Waals surface area contributed by atoms with Gasteiger partial charge in [-0.05, 0) is 76.5 Å². The Morgan fingerprint density at radius 2 is 1.70 bits per heavy atom. The van der Waals surface area contributed by atoms with Crippen LogP contribution >= 0.6 is 0 Å². The topological polar surface area (TPSA) is 90.5 Å². The van der Waals surface area contributed by atoms with Crippen LogP contribution in [-0.4, -0.2) is 114 Å². The lowest BCUT2D eigenvalue weighted by Gasteiger charge is -2.21. The van der Waals surface area contributed by atoms with E-state index in [4.69, 9.17) is 4.74 Å². The van der Waals surface area contributed by atoms with Gasteiger partial charge in [-0.25, -0.2) is 8.42 Å². The molecule has 1 atom stereocenters. The highest BCUT2D eigenvalue weighted by Crippen LogP contribution is 2.27. The van der Waals surface area contributed by atoms with Crippen molar-refractivity contribution < 1.29 is 22.7 Å². The Balaban J connectivity index is 0.000000384. The Bertz CT molecular complexity index is 974. The first-order valence-electron chi connectivity index (χ1n) is 12.9. The van der Waals surface area contributed by atoms with Gasteiger partial charge in [0.05, 0.1) is 18.6 Å². The maximum absolute atomic E-state index is 12.6. The number of carbonyl (C=O) groups excluding carboxylic acids is 2. The molecule has 1 heterocycles. The van der Waals surface area contributed by atoms with Gasteiger partial charge in [-0.3, -0.25) is 9.59 Å². The Hall–Kier alpha value is -2.01. The quantitative estimate of drug-likeness (QED) is 0.403. The number of hydrogen-bond donors (Lipinski definition) is 0. The zero-order chi connectivity index (χ0) is 28.3. The van der Waals surface area contributed by atoms with Crippen molar-refractivity contribution in [3.05, 3.63) is 23.3 Å². The maximum atomic E-state index is 12.6. The first kappa shape index (κ1) is 33.0. The van der Waals surface area contributed by atoms with Gasteiger partial charge in [-0.15, -0.1) is 0 Å². The highest BCUT2D eigenvalue weighted by Gasteiger charge is 2.27. The molecular weight excluding hydrogens is 492 g/mol. The number of amides is 1. The summed E-state index contributed by atoms with van der Waals surface area (Å²) in [4.78, 5) is 29.6. The van der Waals surface area contributed by atoms with Crippen molar-refractivity contribution in [2.45, 2.75) is 51.9 Å². The highest BCUT2D eigenvalue weighted by molar-refractivity contribution is 7.89. The highest BCUT2D eigenvalue weighted by atomic mass is 32.2. The average molecular weight is 541 g/mol. The molecule has 1 aliphatic rings. The number of carbonyl (C=O) groups is 2. The van der Waals surface area contributed by atoms with Crippen LogP contribution in [0.4, 0.5) is 0 Å². The lowest BCUT2D eigenvalue weighted by atomic mass is 10.1. The van der Waals surface area contributed by atoms with Gasteiger partial charge in [0.2, 0.25) is 15.9 Å². The average Bonchev–Trinajstić information content (AvgIpc) is 3.24. The molecule has 1 unspecified atom stereocenters. The Morgan fingerprint density at radius 1 is 1.11 bits per heavy atom. The zero-order valence-electron chi connectivity index (χ0n) is 24.3. The summed E-state index contributed by atoms with van der Waals surface area (Å²) in [6, 6.07) is 3.36. The summed E-state index contributed by atoms with van der Waals surface area (Å²) in [5.41, 5.74) is 1.23. The molecule has 10 heteroatoms. The van der Waals surface area contributed by atoms with Gasteiger partial charge in [0.25, 0.3) is 0 Å². The smallest absolute Gasteiger partial charge is 0.243 e. The number of ether oxygens (including phenoxy) is 1. The summed E-state index contributed by atoms with van der Waals surface area (Å²) in [6.45, 7) is 12.4. The first-order valence-corrected chi connectivity index (χ1v) is 14.4. The number of likely N-dealkylation sites (N-methyl/N-ethyl adjacent to an activating group) is 2. The molecule has 0 aromatic heterocycles. The number of likely N-dealkylation sites (tertiary alicyclic amines) is 1. The monoisotopic (exact) mass is 540 g/mol. The summed E-state index contributed by atoms with van der Waals surface area (Å²) in [5, 5.41) is 0. The minimum Gasteiger partial charge on any atom is -0.497 e. The number of hydrogen-bond acceptors (Lipinski definition) is 7. The van der Waals surface area contributed by atoms with Crippen molar-refractivity contribution in [1.82, 2.24) is 19.0 Å². The van der Waals surface area contributed by atoms with Crippen LogP contribution in [0.25, 0.3) is 0 Å². The van der Waals surface area contributed by atoms with Crippen LogP contribution in [0.15, 0.2) is 17.0 Å². The van der Waals surface area contributed by atoms with E-state index in [0.717, 1.165) is 30.5 Å². The normalized spacial score (nSPS) is 16.0. The molecule has 1 aliphatic heterocycles. The minimum absolute atomic E-state index is 0.0765. The number of aryl methyl sites for hydroxylation is 2. The van der Waals surface area contributed by atoms with E-state index in [1.165, 1.54) is 27.1 Å². The molecule has 37 heavy (non-hydrogen) atoms. The number of benzene rings is 1. The molecule has 1 amide bonds. The second kappa shape index (κ2) is 15.4. The third kappa shape index (κ3) is 10.7. The van der Waals surface area contributed by atoms with Crippen LogP contribution in [0.1, 0.15) is 44.2 Å². The number of methoxy groups -OCH3 is 1. The van der Waals surface area contributed by atoms with Crippen LogP contribution in [-0.2, 0) is 19.6 Å². The molecule has 1 fully saturated rings. The van der Waals surface area contributed by atoms with Crippen LogP contribution in [0, 0.1) is 19.8 Å². The van der Waals surface area contributed by atoms with E-state index in [1.54, 1.807) is 32.9 Å². The third-order valence-electron chi connectivity index (χ3n) is 6.57. The van der Waals surface area contributed by atoms with Crippen molar-refractivity contribution in [3.8, 4) is 5.75 Å². The Morgan fingerprint density at radius 3 is 2.19 bits per heavy atom. The lowest BCUT2D eigenvalue weighted by molar-refractivity contribution is -0.128. The fraction of sp³-hybridized carbons (Fsp3) is 0.704. The summed E-state index contributed by atoms with van der Waals surface area (Å²) in [6.07, 6.45) is 2.33. The summed E-state index contributed by atoms with van der Waals surface area (Å²) in [7, 11) is 5.40. The van der Waals surface area contributed by atoms with Crippen LogP contribution in [0.2, 0.25) is 0 Å². The van der Waals surface area contributed by atoms with E-state index < -0.39 is 10.0 Å². The Labute approximate surface area is 224 Å². The van der Waals surface area contributed by atoms with Crippen molar-refractivity contribution in [2.24, 2.45) is 5.92 Å². The molecule has 0 N–H and O–H groups in total. The molecule has 1 aromatic rings. The number of rotatable bonds is 12. The van der Waals surface area contributed by atoms with Gasteiger partial charge in [-0.1, -0.05) is 6.92 Å². The van der Waals surface area contributed by atoms with Gasteiger partial charge in [-0.2, -0.15) is 4.31 Å². The molecule has 1 aromatic carbocycles. The fourth-order valence-electron chi connectivity index (χ4n) is 4.40. The van der Waals surface area contributed by atoms with Crippen LogP contribution < -0.4 is 4.74 Å². The number of Topliss-reactive ketones (excluding diaryl/α,β-unsaturated/α-hetero) is 1. The SMILES string of the molecule is CC(=O)N(C)CC1CCN(CCN(C)C)C1.CCCC(=O)CN(C)S(=O)(=O)c1c(C)cc(OC)cc1C. The molecule has 212 valence electrons. The molecule has 0 radical (unpaired) electrons. The standard InChI is InChI=1S/C15H23NO4S.C12H25N3O/c1-6-7-13(17)10-16(4)21(18,19)15-11(2)8-14(20-5)9-12(15)3;1-11(16)14(4)9-12-5-6-15(10-12)8-7-13(2)3/h8-9H,6-7,10H2,1-5H3;12H,5-10H2,1-4H3. The van der Waals surface area contributed by atoms with Crippen LogP contribution in [0.3, 0.4) is 0 Å². The van der Waals surface area contributed by atoms with Gasteiger partial charge < -0.3 is 19.4 Å². The second-order valence-corrected chi connectivity index (χ2v) is 12.3. The second-order valence-electron chi connectivity index (χ2n) is 10.3. The predicted octanol–water partition coefficient (Wildman–Crippen LogP) is 2.65. The van der Waals surface area contributed by atoms with Crippen molar-refractivity contribution in [2.75, 3.05) is 74.6 Å². The fourth-order valence-corrected chi connectivity index (χ4v) is 5.96. The van der Waals surface area contributed by atoms with E-state index in [1.807, 2.05) is 18.9 Å². The summed E-state index contributed by atoms with van der Waals surface area (Å²) >= 11 is 0. The van der Waals surface area contributed by atoms with E-state index in [-0.39, 0.29) is 23.1 Å². The summed E-state index contributed by atoms with van der Waals surface area (Å²) < 4.78 is 31.5. The van der Waals surface area contributed by atoms with Crippen molar-refractivity contribution >= 4 is 21.7 Å². The van der Waals surface area contributed by atoms with E-state index in [2.05, 4.69) is 23.9 Å². The molecule has 2 rings (SSSR count). The van der Waals surface area contributed by atoms with Crippen molar-refractivity contribution in [3.63, 3.8) is 0 Å². The maximum Gasteiger partial charge on any atom is 0.243 e. The van der Waals surface area contributed by atoms with Gasteiger partial charge >= 0.3 is 0 Å². The van der Waals surface area contributed by atoms with E-state index in [9.17, 15) is 18.0 Å². The molecule has 0 aliphatic carbocycles. The molecule has 0 spiro atoms. The number of sulfonamides is 1. The van der Waals surface area contributed by atoms with E-state index in [0.29, 0.717) is 35.6 Å².